The number of hydrogen-bond donors (Lipinski definition) is 1. The molecule has 0 saturated heterocycles. The molecular formula is C24H22N2O2. The monoisotopic (exact) mass is 370 g/mol. The molecule has 4 rings (SSSR count). The number of nitrogens with zero attached hydrogens (tertiary/aromatic N) is 1. The molecule has 4 heteroatoms. The van der Waals surface area contributed by atoms with Crippen molar-refractivity contribution in [2.45, 2.75) is 13.3 Å². The van der Waals surface area contributed by atoms with Crippen LogP contribution in [0.2, 0.25) is 0 Å². The summed E-state index contributed by atoms with van der Waals surface area (Å²) in [5.41, 5.74) is 3.77. The van der Waals surface area contributed by atoms with E-state index in [1.54, 1.807) is 24.3 Å². The number of amides is 2. The lowest BCUT2D eigenvalue weighted by Gasteiger charge is -2.27. The molecule has 1 aliphatic heterocycles. The van der Waals surface area contributed by atoms with Crippen molar-refractivity contribution in [1.82, 2.24) is 4.90 Å². The summed E-state index contributed by atoms with van der Waals surface area (Å²) in [5.74, 6) is -0.161. The maximum atomic E-state index is 12.9. The van der Waals surface area contributed by atoms with Crippen molar-refractivity contribution in [2.75, 3.05) is 18.4 Å². The molecule has 0 radical (unpaired) electrons. The molecule has 0 fully saturated rings. The molecule has 28 heavy (non-hydrogen) atoms. The third kappa shape index (κ3) is 3.67. The van der Waals surface area contributed by atoms with E-state index in [1.807, 2.05) is 4.90 Å². The van der Waals surface area contributed by atoms with E-state index in [9.17, 15) is 9.59 Å². The maximum absolute atomic E-state index is 12.9. The lowest BCUT2D eigenvalue weighted by Crippen LogP contribution is -2.34. The van der Waals surface area contributed by atoms with Gasteiger partial charge in [-0.2, -0.15) is 0 Å². The fourth-order valence-electron chi connectivity index (χ4n) is 3.72. The average molecular weight is 370 g/mol. The van der Waals surface area contributed by atoms with Crippen LogP contribution in [0, 0.1) is 0 Å². The number of hydrogen-bond acceptors (Lipinski definition) is 2. The Morgan fingerprint density at radius 1 is 0.964 bits per heavy atom. The Bertz CT molecular complexity index is 1080. The first-order valence-corrected chi connectivity index (χ1v) is 9.46. The third-order valence-electron chi connectivity index (χ3n) is 5.06. The minimum absolute atomic E-state index is 0.0135. The van der Waals surface area contributed by atoms with Crippen LogP contribution >= 0.6 is 0 Å². The molecule has 3 aromatic carbocycles. The minimum Gasteiger partial charge on any atom is -0.335 e. The molecule has 0 atom stereocenters. The van der Waals surface area contributed by atoms with Crippen molar-refractivity contribution >= 4 is 33.8 Å². The standard InChI is InChI=1S/C24H22N2O2/c1-17(27)25-21-9-4-8-20(16-21)24(28)26-14-12-19(13-15-26)23-11-5-7-18-6-2-3-10-22(18)23/h2-12,16H,13-15H2,1H3,(H,25,27). The van der Waals surface area contributed by atoms with Crippen molar-refractivity contribution in [3.05, 3.63) is 83.9 Å². The molecule has 0 aromatic heterocycles. The van der Waals surface area contributed by atoms with Gasteiger partial charge in [0.2, 0.25) is 5.91 Å². The van der Waals surface area contributed by atoms with Gasteiger partial charge in [0.05, 0.1) is 0 Å². The van der Waals surface area contributed by atoms with Crippen molar-refractivity contribution in [2.24, 2.45) is 0 Å². The van der Waals surface area contributed by atoms with Crippen LogP contribution in [0.15, 0.2) is 72.8 Å². The highest BCUT2D eigenvalue weighted by atomic mass is 16.2. The Morgan fingerprint density at radius 2 is 1.75 bits per heavy atom. The lowest BCUT2D eigenvalue weighted by atomic mass is 9.94. The summed E-state index contributed by atoms with van der Waals surface area (Å²) >= 11 is 0. The van der Waals surface area contributed by atoms with E-state index in [4.69, 9.17) is 0 Å². The summed E-state index contributed by atoms with van der Waals surface area (Å²) in [6, 6.07) is 21.9. The quantitative estimate of drug-likeness (QED) is 0.725. The summed E-state index contributed by atoms with van der Waals surface area (Å²) in [7, 11) is 0. The van der Waals surface area contributed by atoms with Crippen molar-refractivity contribution in [3.8, 4) is 0 Å². The fraction of sp³-hybridized carbons (Fsp3) is 0.167. The van der Waals surface area contributed by atoms with Gasteiger partial charge in [0, 0.05) is 31.3 Å². The zero-order valence-electron chi connectivity index (χ0n) is 15.8. The van der Waals surface area contributed by atoms with Crippen LogP contribution in [0.4, 0.5) is 5.69 Å². The SMILES string of the molecule is CC(=O)Nc1cccc(C(=O)N2CC=C(c3cccc4ccccc34)CC2)c1. The van der Waals surface area contributed by atoms with Gasteiger partial charge in [0.15, 0.2) is 0 Å². The number of benzene rings is 3. The third-order valence-corrected chi connectivity index (χ3v) is 5.06. The zero-order valence-corrected chi connectivity index (χ0v) is 15.8. The first-order chi connectivity index (χ1) is 13.6. The van der Waals surface area contributed by atoms with Gasteiger partial charge in [-0.3, -0.25) is 9.59 Å². The van der Waals surface area contributed by atoms with Crippen LogP contribution < -0.4 is 5.32 Å². The summed E-state index contributed by atoms with van der Waals surface area (Å²) in [6.45, 7) is 2.72. The Hall–Kier alpha value is -3.40. The fourth-order valence-corrected chi connectivity index (χ4v) is 3.72. The smallest absolute Gasteiger partial charge is 0.254 e. The molecule has 0 saturated carbocycles. The van der Waals surface area contributed by atoms with Crippen LogP contribution in [-0.2, 0) is 4.79 Å². The van der Waals surface area contributed by atoms with Crippen molar-refractivity contribution in [3.63, 3.8) is 0 Å². The summed E-state index contributed by atoms with van der Waals surface area (Å²) < 4.78 is 0. The molecule has 1 aliphatic rings. The van der Waals surface area contributed by atoms with E-state index in [0.717, 1.165) is 6.42 Å². The van der Waals surface area contributed by atoms with Gasteiger partial charge in [-0.25, -0.2) is 0 Å². The molecule has 0 unspecified atom stereocenters. The summed E-state index contributed by atoms with van der Waals surface area (Å²) in [6.07, 6.45) is 2.98. The second-order valence-corrected chi connectivity index (χ2v) is 7.02. The number of nitrogens with one attached hydrogen (secondary N) is 1. The van der Waals surface area contributed by atoms with Gasteiger partial charge in [0.25, 0.3) is 5.91 Å². The topological polar surface area (TPSA) is 49.4 Å². The maximum Gasteiger partial charge on any atom is 0.254 e. The largest absolute Gasteiger partial charge is 0.335 e. The van der Waals surface area contributed by atoms with Gasteiger partial charge < -0.3 is 10.2 Å². The predicted octanol–water partition coefficient (Wildman–Crippen LogP) is 4.73. The van der Waals surface area contributed by atoms with Gasteiger partial charge in [-0.15, -0.1) is 0 Å². The van der Waals surface area contributed by atoms with Crippen LogP contribution in [-0.4, -0.2) is 29.8 Å². The van der Waals surface area contributed by atoms with Gasteiger partial charge >= 0.3 is 0 Å². The molecule has 2 amide bonds. The molecule has 0 bridgehead atoms. The summed E-state index contributed by atoms with van der Waals surface area (Å²) in [4.78, 5) is 26.0. The van der Waals surface area contributed by atoms with E-state index in [0.29, 0.717) is 24.3 Å². The molecule has 1 heterocycles. The van der Waals surface area contributed by atoms with E-state index < -0.39 is 0 Å². The predicted molar refractivity (Wildman–Crippen MR) is 113 cm³/mol. The van der Waals surface area contributed by atoms with Crippen molar-refractivity contribution in [1.29, 1.82) is 0 Å². The molecule has 0 aliphatic carbocycles. The second kappa shape index (κ2) is 7.69. The van der Waals surface area contributed by atoms with Crippen LogP contribution in [0.3, 0.4) is 0 Å². The second-order valence-electron chi connectivity index (χ2n) is 7.02. The normalized spacial score (nSPS) is 13.9. The van der Waals surface area contributed by atoms with Crippen LogP contribution in [0.25, 0.3) is 16.3 Å². The minimum atomic E-state index is -0.148. The highest BCUT2D eigenvalue weighted by Crippen LogP contribution is 2.29. The Morgan fingerprint density at radius 3 is 2.54 bits per heavy atom. The average Bonchev–Trinajstić information content (AvgIpc) is 2.73. The molecule has 140 valence electrons. The Labute approximate surface area is 164 Å². The zero-order chi connectivity index (χ0) is 19.5. The number of fused-ring (bicyclic) bond motifs is 1. The van der Waals surface area contributed by atoms with E-state index in [-0.39, 0.29) is 11.8 Å². The number of carbonyl (C=O) groups is 2. The number of carbonyl (C=O) groups excluding carboxylic acids is 2. The van der Waals surface area contributed by atoms with Gasteiger partial charge in [0.1, 0.15) is 0 Å². The van der Waals surface area contributed by atoms with E-state index in [1.165, 1.54) is 28.8 Å². The van der Waals surface area contributed by atoms with Gasteiger partial charge in [-0.1, -0.05) is 54.6 Å². The molecular weight excluding hydrogens is 348 g/mol. The van der Waals surface area contributed by atoms with E-state index in [2.05, 4.69) is 53.9 Å². The molecule has 4 nitrogen and oxygen atoms in total. The Kier molecular flexibility index (Phi) is 4.94. The highest BCUT2D eigenvalue weighted by molar-refractivity contribution is 5.98. The Balaban J connectivity index is 1.54. The summed E-state index contributed by atoms with van der Waals surface area (Å²) in [5, 5.41) is 5.21. The molecule has 3 aromatic rings. The first kappa shape index (κ1) is 18.0. The first-order valence-electron chi connectivity index (χ1n) is 9.46. The highest BCUT2D eigenvalue weighted by Gasteiger charge is 2.20. The van der Waals surface area contributed by atoms with Crippen LogP contribution in [0.5, 0.6) is 0 Å². The number of rotatable bonds is 3. The van der Waals surface area contributed by atoms with E-state index >= 15 is 0 Å². The van der Waals surface area contributed by atoms with Crippen LogP contribution in [0.1, 0.15) is 29.3 Å². The van der Waals surface area contributed by atoms with Gasteiger partial charge in [-0.05, 0) is 46.5 Å². The molecule has 0 spiro atoms. The van der Waals surface area contributed by atoms with Crippen molar-refractivity contribution < 1.29 is 9.59 Å². The molecule has 1 N–H and O–H groups in total. The lowest BCUT2D eigenvalue weighted by molar-refractivity contribution is -0.114. The number of anilines is 1.